The molecule has 6 nitrogen and oxygen atoms in total. The molecule has 2 heterocycles. The van der Waals surface area contributed by atoms with Crippen molar-refractivity contribution in [2.75, 3.05) is 0 Å². The fraction of sp³-hybridized carbons (Fsp3) is 0.0606. The molecular formula is C33H23Cl2N3O3S. The highest BCUT2D eigenvalue weighted by Gasteiger charge is 2.34. The predicted octanol–water partition coefficient (Wildman–Crippen LogP) is 8.50. The maximum absolute atomic E-state index is 13.8. The van der Waals surface area contributed by atoms with Crippen LogP contribution in [-0.2, 0) is 17.9 Å². The first-order valence-electron chi connectivity index (χ1n) is 13.0. The van der Waals surface area contributed by atoms with Gasteiger partial charge in [0.05, 0.1) is 32.7 Å². The van der Waals surface area contributed by atoms with Gasteiger partial charge in [0, 0.05) is 29.2 Å². The first-order valence-corrected chi connectivity index (χ1v) is 14.6. The molecule has 5 aromatic rings. The van der Waals surface area contributed by atoms with E-state index < -0.39 is 5.97 Å². The molecule has 1 amide bonds. The molecule has 1 N–H and O–H groups in total. The first-order chi connectivity index (χ1) is 20.4. The number of carbonyl (C=O) groups excluding carboxylic acids is 1. The van der Waals surface area contributed by atoms with E-state index >= 15 is 0 Å². The van der Waals surface area contributed by atoms with Crippen LogP contribution in [0.15, 0.2) is 113 Å². The molecule has 0 aliphatic carbocycles. The van der Waals surface area contributed by atoms with Crippen LogP contribution in [0.3, 0.4) is 0 Å². The van der Waals surface area contributed by atoms with Gasteiger partial charge in [-0.05, 0) is 71.4 Å². The molecule has 1 saturated heterocycles. The van der Waals surface area contributed by atoms with E-state index in [1.807, 2.05) is 79.0 Å². The topological polar surface area (TPSA) is 74.9 Å². The second kappa shape index (κ2) is 11.9. The number of amidine groups is 1. The minimum absolute atomic E-state index is 0.168. The summed E-state index contributed by atoms with van der Waals surface area (Å²) in [7, 11) is 0. The van der Waals surface area contributed by atoms with Crippen LogP contribution in [0, 0.1) is 0 Å². The van der Waals surface area contributed by atoms with Crippen molar-refractivity contribution in [1.29, 1.82) is 0 Å². The highest BCUT2D eigenvalue weighted by Crippen LogP contribution is 2.37. The number of nitrogens with zero attached hydrogens (tertiary/aromatic N) is 3. The average molecular weight is 613 g/mol. The molecule has 6 rings (SSSR count). The molecule has 1 aliphatic heterocycles. The van der Waals surface area contributed by atoms with Crippen LogP contribution in [0.25, 0.3) is 17.0 Å². The number of hydrogen-bond acceptors (Lipinski definition) is 4. The lowest BCUT2D eigenvalue weighted by atomic mass is 10.1. The van der Waals surface area contributed by atoms with Crippen LogP contribution < -0.4 is 0 Å². The molecule has 1 fully saturated rings. The van der Waals surface area contributed by atoms with Gasteiger partial charge in [-0.15, -0.1) is 0 Å². The fourth-order valence-electron chi connectivity index (χ4n) is 4.78. The number of carboxylic acid groups (broad SMARTS) is 1. The highest BCUT2D eigenvalue weighted by atomic mass is 35.5. The van der Waals surface area contributed by atoms with Crippen molar-refractivity contribution >= 4 is 74.7 Å². The van der Waals surface area contributed by atoms with Gasteiger partial charge in [0.1, 0.15) is 0 Å². The third-order valence-corrected chi connectivity index (χ3v) is 8.60. The van der Waals surface area contributed by atoms with E-state index in [-0.39, 0.29) is 18.0 Å². The molecule has 208 valence electrons. The zero-order valence-electron chi connectivity index (χ0n) is 22.1. The number of fused-ring (bicyclic) bond motifs is 1. The number of halogens is 2. The lowest BCUT2D eigenvalue weighted by molar-refractivity contribution is -0.122. The normalized spacial score (nSPS) is 15.3. The van der Waals surface area contributed by atoms with E-state index in [9.17, 15) is 14.7 Å². The van der Waals surface area contributed by atoms with Crippen molar-refractivity contribution in [2.24, 2.45) is 4.99 Å². The van der Waals surface area contributed by atoms with Crippen molar-refractivity contribution in [3.05, 3.63) is 140 Å². The second-order valence-corrected chi connectivity index (χ2v) is 11.5. The van der Waals surface area contributed by atoms with Crippen LogP contribution in [-0.4, -0.2) is 31.6 Å². The summed E-state index contributed by atoms with van der Waals surface area (Å²) in [5.41, 5.74) is 4.67. The van der Waals surface area contributed by atoms with Gasteiger partial charge in [-0.25, -0.2) is 9.79 Å². The number of aliphatic imine (C=N–C) groups is 1. The smallest absolute Gasteiger partial charge is 0.335 e. The van der Waals surface area contributed by atoms with Crippen molar-refractivity contribution in [3.8, 4) is 0 Å². The molecule has 9 heteroatoms. The Labute approximate surface area is 256 Å². The molecule has 1 aliphatic rings. The van der Waals surface area contributed by atoms with Crippen molar-refractivity contribution in [3.63, 3.8) is 0 Å². The first kappa shape index (κ1) is 27.8. The zero-order chi connectivity index (χ0) is 29.2. The predicted molar refractivity (Wildman–Crippen MR) is 171 cm³/mol. The molecule has 4 aromatic carbocycles. The molecular weight excluding hydrogens is 589 g/mol. The second-order valence-electron chi connectivity index (χ2n) is 9.71. The van der Waals surface area contributed by atoms with Crippen molar-refractivity contribution in [2.45, 2.75) is 13.1 Å². The molecule has 1 aromatic heterocycles. The molecule has 0 unspecified atom stereocenters. The van der Waals surface area contributed by atoms with E-state index in [2.05, 4.69) is 4.57 Å². The number of para-hydroxylation sites is 2. The van der Waals surface area contributed by atoms with Gasteiger partial charge >= 0.3 is 5.97 Å². The van der Waals surface area contributed by atoms with Gasteiger partial charge in [0.25, 0.3) is 5.91 Å². The van der Waals surface area contributed by atoms with Crippen LogP contribution in [0.2, 0.25) is 10.0 Å². The number of aromatic nitrogens is 1. The van der Waals surface area contributed by atoms with Crippen LogP contribution in [0.1, 0.15) is 27.0 Å². The third-order valence-electron chi connectivity index (χ3n) is 6.85. The quantitative estimate of drug-likeness (QED) is 0.187. The summed E-state index contributed by atoms with van der Waals surface area (Å²) < 4.78 is 2.13. The summed E-state index contributed by atoms with van der Waals surface area (Å²) in [5, 5.41) is 11.8. The number of carbonyl (C=O) groups is 2. The Bertz CT molecular complexity index is 1880. The summed E-state index contributed by atoms with van der Waals surface area (Å²) in [4.78, 5) is 32.1. The summed E-state index contributed by atoms with van der Waals surface area (Å²) in [5.74, 6) is -1.16. The largest absolute Gasteiger partial charge is 0.478 e. The Balaban J connectivity index is 1.36. The highest BCUT2D eigenvalue weighted by molar-refractivity contribution is 8.18. The standard InChI is InChI=1S/C33H23Cl2N3O3S/c34-27-15-12-22(16-28(27)35)18-37-20-24(26-8-4-5-9-29(26)37)17-30-31(39)38(19-21-10-13-23(14-11-21)32(40)41)33(42-30)36-25-6-2-1-3-7-25/h1-17,20H,18-19H2,(H,40,41). The fourth-order valence-corrected chi connectivity index (χ4v) is 6.09. The Morgan fingerprint density at radius 1 is 0.857 bits per heavy atom. The number of carboxylic acids is 1. The Morgan fingerprint density at radius 3 is 2.31 bits per heavy atom. The molecule has 42 heavy (non-hydrogen) atoms. The SMILES string of the molecule is O=C(O)c1ccc(CN2C(=O)C(=Cc3cn(Cc4ccc(Cl)c(Cl)c4)c4ccccc34)SC2=Nc2ccccc2)cc1. The van der Waals surface area contributed by atoms with Crippen molar-refractivity contribution < 1.29 is 14.7 Å². The van der Waals surface area contributed by atoms with Crippen LogP contribution in [0.4, 0.5) is 5.69 Å². The lowest BCUT2D eigenvalue weighted by Crippen LogP contribution is -2.28. The number of aromatic carboxylic acids is 1. The van der Waals surface area contributed by atoms with E-state index in [0.717, 1.165) is 33.3 Å². The Morgan fingerprint density at radius 2 is 1.57 bits per heavy atom. The van der Waals surface area contributed by atoms with Gasteiger partial charge in [-0.3, -0.25) is 9.69 Å². The van der Waals surface area contributed by atoms with E-state index in [1.54, 1.807) is 35.2 Å². The Hall–Kier alpha value is -4.30. The monoisotopic (exact) mass is 611 g/mol. The number of rotatable bonds is 7. The molecule has 0 spiro atoms. The number of thioether (sulfide) groups is 1. The molecule has 0 radical (unpaired) electrons. The van der Waals surface area contributed by atoms with Crippen LogP contribution >= 0.6 is 35.0 Å². The number of amides is 1. The summed E-state index contributed by atoms with van der Waals surface area (Å²) >= 11 is 13.7. The summed E-state index contributed by atoms with van der Waals surface area (Å²) in [6.45, 7) is 0.842. The molecule has 0 bridgehead atoms. The maximum atomic E-state index is 13.8. The minimum atomic E-state index is -0.996. The minimum Gasteiger partial charge on any atom is -0.478 e. The van der Waals surface area contributed by atoms with Crippen LogP contribution in [0.5, 0.6) is 0 Å². The number of benzene rings is 4. The summed E-state index contributed by atoms with van der Waals surface area (Å²) in [6.07, 6.45) is 3.95. The zero-order valence-corrected chi connectivity index (χ0v) is 24.4. The molecule has 0 atom stereocenters. The van der Waals surface area contributed by atoms with Gasteiger partial charge in [0.15, 0.2) is 5.17 Å². The van der Waals surface area contributed by atoms with E-state index in [4.69, 9.17) is 28.2 Å². The van der Waals surface area contributed by atoms with Gasteiger partial charge in [0.2, 0.25) is 0 Å². The Kier molecular flexibility index (Phi) is 7.89. The van der Waals surface area contributed by atoms with Gasteiger partial charge in [-0.2, -0.15) is 0 Å². The van der Waals surface area contributed by atoms with E-state index in [0.29, 0.717) is 26.7 Å². The van der Waals surface area contributed by atoms with Gasteiger partial charge in [-0.1, -0.05) is 77.8 Å². The van der Waals surface area contributed by atoms with Crippen molar-refractivity contribution in [1.82, 2.24) is 9.47 Å². The van der Waals surface area contributed by atoms with E-state index in [1.165, 1.54) is 11.8 Å². The molecule has 0 saturated carbocycles. The summed E-state index contributed by atoms with van der Waals surface area (Å²) in [6, 6.07) is 29.7. The number of hydrogen-bond donors (Lipinski definition) is 1. The average Bonchev–Trinajstić information content (AvgIpc) is 3.48. The van der Waals surface area contributed by atoms with Gasteiger partial charge < -0.3 is 9.67 Å². The maximum Gasteiger partial charge on any atom is 0.335 e. The lowest BCUT2D eigenvalue weighted by Gasteiger charge is -2.16. The third kappa shape index (κ3) is 5.85.